The van der Waals surface area contributed by atoms with Crippen LogP contribution < -0.4 is 0 Å². The van der Waals surface area contributed by atoms with Gasteiger partial charge >= 0.3 is 12.1 Å². The van der Waals surface area contributed by atoms with Crippen LogP contribution in [-0.4, -0.2) is 46.4 Å². The Labute approximate surface area is 99.5 Å². The fraction of sp³-hybridized carbons (Fsp3) is 0.818. The third-order valence-corrected chi connectivity index (χ3v) is 2.48. The molecule has 1 fully saturated rings. The van der Waals surface area contributed by atoms with Gasteiger partial charge in [-0.25, -0.2) is 14.0 Å². The molecule has 1 aliphatic rings. The molecule has 1 aliphatic heterocycles. The average Bonchev–Trinajstić information content (AvgIpc) is 2.15. The summed E-state index contributed by atoms with van der Waals surface area (Å²) in [5.41, 5.74) is -3.02. The second-order valence-electron chi connectivity index (χ2n) is 5.28. The number of carbonyl (C=O) groups is 2. The Morgan fingerprint density at radius 1 is 1.41 bits per heavy atom. The number of piperidine rings is 1. The van der Waals surface area contributed by atoms with Gasteiger partial charge < -0.3 is 14.7 Å². The maximum atomic E-state index is 13.9. The fourth-order valence-electron chi connectivity index (χ4n) is 1.67. The molecule has 1 rings (SSSR count). The monoisotopic (exact) mass is 247 g/mol. The second-order valence-corrected chi connectivity index (χ2v) is 5.28. The summed E-state index contributed by atoms with van der Waals surface area (Å²) in [6.07, 6.45) is -0.413. The third kappa shape index (κ3) is 3.57. The third-order valence-electron chi connectivity index (χ3n) is 2.48. The lowest BCUT2D eigenvalue weighted by molar-refractivity contribution is -0.154. The number of hydrogen-bond acceptors (Lipinski definition) is 3. The Morgan fingerprint density at radius 2 is 2.00 bits per heavy atom. The number of aliphatic carboxylic acids is 1. The number of carboxylic acids is 1. The molecule has 0 aromatic carbocycles. The van der Waals surface area contributed by atoms with Crippen molar-refractivity contribution in [3.8, 4) is 0 Å². The van der Waals surface area contributed by atoms with Crippen molar-refractivity contribution >= 4 is 12.1 Å². The van der Waals surface area contributed by atoms with Crippen molar-refractivity contribution in [3.63, 3.8) is 0 Å². The van der Waals surface area contributed by atoms with Crippen molar-refractivity contribution in [2.45, 2.75) is 44.9 Å². The lowest BCUT2D eigenvalue weighted by Crippen LogP contribution is -2.52. The first kappa shape index (κ1) is 13.7. The van der Waals surface area contributed by atoms with E-state index in [-0.39, 0.29) is 6.42 Å². The van der Waals surface area contributed by atoms with E-state index in [1.807, 2.05) is 0 Å². The van der Waals surface area contributed by atoms with Gasteiger partial charge in [-0.1, -0.05) is 0 Å². The molecular formula is C11H18FNO4. The molecule has 1 saturated heterocycles. The zero-order chi connectivity index (χ0) is 13.3. The highest BCUT2D eigenvalue weighted by Crippen LogP contribution is 2.26. The SMILES string of the molecule is CC(C)(C)OC(=O)N1CCC[C@](F)(C(=O)O)C1. The minimum Gasteiger partial charge on any atom is -0.479 e. The van der Waals surface area contributed by atoms with Crippen molar-refractivity contribution < 1.29 is 23.8 Å². The van der Waals surface area contributed by atoms with E-state index in [4.69, 9.17) is 9.84 Å². The number of halogens is 1. The molecule has 1 heterocycles. The summed E-state index contributed by atoms with van der Waals surface area (Å²) in [7, 11) is 0. The van der Waals surface area contributed by atoms with Gasteiger partial charge in [0.2, 0.25) is 5.67 Å². The molecule has 1 amide bonds. The summed E-state index contributed by atoms with van der Waals surface area (Å²) in [4.78, 5) is 23.6. The van der Waals surface area contributed by atoms with Gasteiger partial charge in [-0.2, -0.15) is 0 Å². The number of carbonyl (C=O) groups excluding carboxylic acids is 1. The van der Waals surface area contributed by atoms with Gasteiger partial charge in [0.05, 0.1) is 6.54 Å². The summed E-state index contributed by atoms with van der Waals surface area (Å²) >= 11 is 0. The van der Waals surface area contributed by atoms with Crippen LogP contribution in [0.3, 0.4) is 0 Å². The summed E-state index contributed by atoms with van der Waals surface area (Å²) in [5.74, 6) is -1.52. The Bertz CT molecular complexity index is 326. The molecule has 0 aromatic heterocycles. The van der Waals surface area contributed by atoms with Crippen LogP contribution in [0.1, 0.15) is 33.6 Å². The molecule has 5 nitrogen and oxygen atoms in total. The summed E-state index contributed by atoms with van der Waals surface area (Å²) in [6, 6.07) is 0. The number of nitrogens with zero attached hydrogens (tertiary/aromatic N) is 1. The van der Waals surface area contributed by atoms with Gasteiger partial charge in [0.25, 0.3) is 0 Å². The fourth-order valence-corrected chi connectivity index (χ4v) is 1.67. The van der Waals surface area contributed by atoms with E-state index in [1.54, 1.807) is 20.8 Å². The maximum Gasteiger partial charge on any atom is 0.410 e. The van der Waals surface area contributed by atoms with Gasteiger partial charge in [0.1, 0.15) is 5.60 Å². The highest BCUT2D eigenvalue weighted by Gasteiger charge is 2.44. The molecule has 17 heavy (non-hydrogen) atoms. The number of alkyl halides is 1. The Balaban J connectivity index is 2.67. The van der Waals surface area contributed by atoms with Crippen molar-refractivity contribution in [2.24, 2.45) is 0 Å². The normalized spacial score (nSPS) is 25.5. The van der Waals surface area contributed by atoms with Crippen molar-refractivity contribution in [1.29, 1.82) is 0 Å². The van der Waals surface area contributed by atoms with E-state index in [0.29, 0.717) is 13.0 Å². The van der Waals surface area contributed by atoms with E-state index in [9.17, 15) is 14.0 Å². The first-order valence-corrected chi connectivity index (χ1v) is 5.54. The zero-order valence-corrected chi connectivity index (χ0v) is 10.3. The molecule has 98 valence electrons. The summed E-state index contributed by atoms with van der Waals surface area (Å²) in [6.45, 7) is 4.99. The zero-order valence-electron chi connectivity index (χ0n) is 10.3. The molecule has 0 unspecified atom stereocenters. The van der Waals surface area contributed by atoms with Crippen LogP contribution in [0.15, 0.2) is 0 Å². The van der Waals surface area contributed by atoms with Crippen LogP contribution in [0.25, 0.3) is 0 Å². The van der Waals surface area contributed by atoms with Crippen molar-refractivity contribution in [2.75, 3.05) is 13.1 Å². The predicted molar refractivity (Wildman–Crippen MR) is 58.5 cm³/mol. The largest absolute Gasteiger partial charge is 0.479 e. The van der Waals surface area contributed by atoms with Crippen LogP contribution >= 0.6 is 0 Å². The lowest BCUT2D eigenvalue weighted by atomic mass is 9.95. The average molecular weight is 247 g/mol. The predicted octanol–water partition coefficient (Wildman–Crippen LogP) is 1.81. The Hall–Kier alpha value is -1.33. The van der Waals surface area contributed by atoms with Gasteiger partial charge in [-0.05, 0) is 33.6 Å². The molecular weight excluding hydrogens is 229 g/mol. The van der Waals surface area contributed by atoms with Gasteiger partial charge in [0.15, 0.2) is 0 Å². The van der Waals surface area contributed by atoms with E-state index in [2.05, 4.69) is 0 Å². The quantitative estimate of drug-likeness (QED) is 0.767. The number of amides is 1. The van der Waals surface area contributed by atoms with Crippen LogP contribution in [0.4, 0.5) is 9.18 Å². The van der Waals surface area contributed by atoms with Gasteiger partial charge in [-0.3, -0.25) is 0 Å². The molecule has 0 bridgehead atoms. The van der Waals surface area contributed by atoms with Crippen LogP contribution in [-0.2, 0) is 9.53 Å². The van der Waals surface area contributed by atoms with E-state index in [0.717, 1.165) is 4.90 Å². The maximum absolute atomic E-state index is 13.9. The molecule has 0 aliphatic carbocycles. The van der Waals surface area contributed by atoms with Crippen LogP contribution in [0.5, 0.6) is 0 Å². The minimum absolute atomic E-state index is 0.0678. The number of likely N-dealkylation sites (tertiary alicyclic amines) is 1. The molecule has 0 spiro atoms. The smallest absolute Gasteiger partial charge is 0.410 e. The van der Waals surface area contributed by atoms with Crippen molar-refractivity contribution in [3.05, 3.63) is 0 Å². The van der Waals surface area contributed by atoms with Crippen molar-refractivity contribution in [1.82, 2.24) is 4.90 Å². The lowest BCUT2D eigenvalue weighted by Gasteiger charge is -2.35. The first-order valence-electron chi connectivity index (χ1n) is 5.54. The Kier molecular flexibility index (Phi) is 3.64. The van der Waals surface area contributed by atoms with Gasteiger partial charge in [0, 0.05) is 6.54 Å². The number of carboxylic acid groups (broad SMARTS) is 1. The van der Waals surface area contributed by atoms with E-state index in [1.165, 1.54) is 0 Å². The standard InChI is InChI=1S/C11H18FNO4/c1-10(2,3)17-9(16)13-6-4-5-11(12,7-13)8(14)15/h4-7H2,1-3H3,(H,14,15)/t11-/m1/s1. The van der Waals surface area contributed by atoms with E-state index < -0.39 is 29.9 Å². The second kappa shape index (κ2) is 4.50. The van der Waals surface area contributed by atoms with Crippen LogP contribution in [0, 0.1) is 0 Å². The molecule has 0 aromatic rings. The highest BCUT2D eigenvalue weighted by atomic mass is 19.1. The molecule has 6 heteroatoms. The number of rotatable bonds is 1. The minimum atomic E-state index is -2.35. The molecule has 1 atom stereocenters. The number of ether oxygens (including phenoxy) is 1. The molecule has 0 saturated carbocycles. The topological polar surface area (TPSA) is 66.8 Å². The first-order chi connectivity index (χ1) is 7.64. The van der Waals surface area contributed by atoms with Gasteiger partial charge in [-0.15, -0.1) is 0 Å². The summed E-state index contributed by atoms with van der Waals surface area (Å²) < 4.78 is 19.0. The number of hydrogen-bond donors (Lipinski definition) is 1. The molecule has 1 N–H and O–H groups in total. The Morgan fingerprint density at radius 3 is 2.47 bits per heavy atom. The molecule has 0 radical (unpaired) electrons. The summed E-state index contributed by atoms with van der Waals surface area (Å²) in [5, 5.41) is 8.78. The highest BCUT2D eigenvalue weighted by molar-refractivity contribution is 5.79. The van der Waals surface area contributed by atoms with E-state index >= 15 is 0 Å². The van der Waals surface area contributed by atoms with Crippen LogP contribution in [0.2, 0.25) is 0 Å².